The van der Waals surface area contributed by atoms with E-state index in [1.54, 1.807) is 13.8 Å². The highest BCUT2D eigenvalue weighted by molar-refractivity contribution is 5.99. The SMILES string of the molecule is C=C(CCC[C@H]1CC[C@H]2C3=C(C(=O)C[C@]12C)[C@@]1(C)CC[C@@H](O)[C@](C)(O)[C@@H]1C[C@@H]3O)[C@@H](C)C(=O)O. The van der Waals surface area contributed by atoms with Crippen LogP contribution in [-0.4, -0.2) is 50.0 Å². The van der Waals surface area contributed by atoms with Gasteiger partial charge in [0.15, 0.2) is 5.78 Å². The van der Waals surface area contributed by atoms with Crippen LogP contribution in [0.3, 0.4) is 0 Å². The van der Waals surface area contributed by atoms with Crippen LogP contribution < -0.4 is 0 Å². The zero-order valence-electron chi connectivity index (χ0n) is 21.1. The molecule has 0 aromatic rings. The second kappa shape index (κ2) is 8.56. The van der Waals surface area contributed by atoms with Crippen molar-refractivity contribution >= 4 is 11.8 Å². The average molecular weight is 475 g/mol. The number of carboxylic acids is 1. The van der Waals surface area contributed by atoms with Gasteiger partial charge < -0.3 is 20.4 Å². The Morgan fingerprint density at radius 3 is 2.50 bits per heavy atom. The molecule has 0 heterocycles. The predicted octanol–water partition coefficient (Wildman–Crippen LogP) is 4.03. The second-order valence-electron chi connectivity index (χ2n) is 12.4. The highest BCUT2D eigenvalue weighted by atomic mass is 16.4. The summed E-state index contributed by atoms with van der Waals surface area (Å²) in [5.41, 5.74) is 0.326. The van der Waals surface area contributed by atoms with E-state index in [1.807, 2.05) is 0 Å². The van der Waals surface area contributed by atoms with E-state index in [1.165, 1.54) is 0 Å². The zero-order valence-corrected chi connectivity index (χ0v) is 21.1. The molecule has 0 bridgehead atoms. The Hall–Kier alpha value is -1.50. The number of aliphatic hydroxyl groups is 3. The van der Waals surface area contributed by atoms with Gasteiger partial charge >= 0.3 is 5.97 Å². The number of Topliss-reactive ketones (excluding diaryl/α,β-unsaturated/α-hetero) is 1. The summed E-state index contributed by atoms with van der Waals surface area (Å²) in [7, 11) is 0. The number of aliphatic carboxylic acids is 1. The van der Waals surface area contributed by atoms with Gasteiger partial charge in [0, 0.05) is 23.3 Å². The van der Waals surface area contributed by atoms with Gasteiger partial charge in [0.05, 0.1) is 23.7 Å². The number of aliphatic hydroxyl groups excluding tert-OH is 2. The zero-order chi connectivity index (χ0) is 25.2. The molecule has 4 N–H and O–H groups in total. The molecule has 34 heavy (non-hydrogen) atoms. The number of carbonyl (C=O) groups excluding carboxylic acids is 1. The Kier molecular flexibility index (Phi) is 6.44. The van der Waals surface area contributed by atoms with Crippen molar-refractivity contribution in [2.45, 2.75) is 103 Å². The van der Waals surface area contributed by atoms with Gasteiger partial charge in [-0.1, -0.05) is 26.0 Å². The van der Waals surface area contributed by atoms with E-state index in [0.29, 0.717) is 38.0 Å². The number of carbonyl (C=O) groups is 2. The third kappa shape index (κ3) is 3.72. The topological polar surface area (TPSA) is 115 Å². The molecule has 2 fully saturated rings. The Labute approximate surface area is 203 Å². The predicted molar refractivity (Wildman–Crippen MR) is 129 cm³/mol. The molecule has 4 aliphatic carbocycles. The lowest BCUT2D eigenvalue weighted by Gasteiger charge is -2.59. The maximum atomic E-state index is 13.8. The monoisotopic (exact) mass is 474 g/mol. The standard InChI is InChI=1S/C28H42O6/c1-15(16(2)25(32)33)7-6-8-17-9-10-18-23-19(29)13-21-26(3,12-11-22(31)28(21,5)34)24(23)20(30)14-27(17,18)4/h16-19,21-22,29,31,34H,1,6-14H2,2-5H3,(H,32,33)/t16-,17+,18+,19+,21-,22-,26+,27-,28-/m1/s1. The number of hydrogen-bond donors (Lipinski definition) is 4. The number of carboxylic acid groups (broad SMARTS) is 1. The molecule has 6 nitrogen and oxygen atoms in total. The smallest absolute Gasteiger partial charge is 0.310 e. The van der Waals surface area contributed by atoms with Gasteiger partial charge in [-0.15, -0.1) is 0 Å². The largest absolute Gasteiger partial charge is 0.481 e. The van der Waals surface area contributed by atoms with Crippen molar-refractivity contribution in [1.82, 2.24) is 0 Å². The van der Waals surface area contributed by atoms with Gasteiger partial charge in [0.2, 0.25) is 0 Å². The molecular weight excluding hydrogens is 432 g/mol. The third-order valence-corrected chi connectivity index (χ3v) is 10.5. The van der Waals surface area contributed by atoms with Crippen LogP contribution in [-0.2, 0) is 9.59 Å². The van der Waals surface area contributed by atoms with Crippen LogP contribution in [0.25, 0.3) is 0 Å². The molecule has 190 valence electrons. The van der Waals surface area contributed by atoms with Crippen molar-refractivity contribution in [2.75, 3.05) is 0 Å². The van der Waals surface area contributed by atoms with Crippen LogP contribution >= 0.6 is 0 Å². The Bertz CT molecular complexity index is 918. The highest BCUT2D eigenvalue weighted by Crippen LogP contribution is 2.65. The summed E-state index contributed by atoms with van der Waals surface area (Å²) < 4.78 is 0. The van der Waals surface area contributed by atoms with E-state index in [0.717, 1.165) is 42.4 Å². The summed E-state index contributed by atoms with van der Waals surface area (Å²) in [6.45, 7) is 11.5. The van der Waals surface area contributed by atoms with E-state index in [2.05, 4.69) is 20.4 Å². The first-order valence-corrected chi connectivity index (χ1v) is 13.0. The van der Waals surface area contributed by atoms with Gasteiger partial charge in [0.25, 0.3) is 0 Å². The van der Waals surface area contributed by atoms with Gasteiger partial charge in [-0.3, -0.25) is 9.59 Å². The van der Waals surface area contributed by atoms with E-state index >= 15 is 0 Å². The van der Waals surface area contributed by atoms with E-state index in [4.69, 9.17) is 0 Å². The second-order valence-corrected chi connectivity index (χ2v) is 12.4. The highest BCUT2D eigenvalue weighted by Gasteiger charge is 2.63. The van der Waals surface area contributed by atoms with Crippen molar-refractivity contribution in [3.63, 3.8) is 0 Å². The molecule has 0 aromatic carbocycles. The van der Waals surface area contributed by atoms with Crippen molar-refractivity contribution in [3.05, 3.63) is 23.3 Å². The van der Waals surface area contributed by atoms with E-state index in [9.17, 15) is 30.0 Å². The fourth-order valence-corrected chi connectivity index (χ4v) is 8.28. The summed E-state index contributed by atoms with van der Waals surface area (Å²) >= 11 is 0. The molecular formula is C28H42O6. The van der Waals surface area contributed by atoms with Crippen molar-refractivity contribution in [1.29, 1.82) is 0 Å². The molecule has 0 spiro atoms. The molecule has 6 heteroatoms. The summed E-state index contributed by atoms with van der Waals surface area (Å²) in [5, 5.41) is 42.2. The summed E-state index contributed by atoms with van der Waals surface area (Å²) in [6.07, 6.45) is 4.68. The number of hydrogen-bond acceptors (Lipinski definition) is 5. The molecule has 4 rings (SSSR count). The lowest BCUT2D eigenvalue weighted by Crippen LogP contribution is -2.61. The van der Waals surface area contributed by atoms with Crippen LogP contribution in [0.15, 0.2) is 23.3 Å². The maximum Gasteiger partial charge on any atom is 0.310 e. The van der Waals surface area contributed by atoms with Crippen LogP contribution in [0.4, 0.5) is 0 Å². The van der Waals surface area contributed by atoms with Crippen LogP contribution in [0.5, 0.6) is 0 Å². The van der Waals surface area contributed by atoms with Crippen molar-refractivity contribution in [2.24, 2.45) is 34.5 Å². The quantitative estimate of drug-likeness (QED) is 0.432. The normalized spacial score (nSPS) is 44.8. The number of allylic oxidation sites excluding steroid dienone is 1. The molecule has 0 aliphatic heterocycles. The number of fused-ring (bicyclic) bond motifs is 4. The Balaban J connectivity index is 1.59. The van der Waals surface area contributed by atoms with E-state index in [-0.39, 0.29) is 23.0 Å². The third-order valence-electron chi connectivity index (χ3n) is 10.5. The molecule has 0 aromatic heterocycles. The summed E-state index contributed by atoms with van der Waals surface area (Å²) in [4.78, 5) is 25.0. The minimum absolute atomic E-state index is 0.1000. The molecule has 2 saturated carbocycles. The van der Waals surface area contributed by atoms with E-state index < -0.39 is 35.1 Å². The molecule has 9 atom stereocenters. The van der Waals surface area contributed by atoms with Crippen LogP contribution in [0.2, 0.25) is 0 Å². The van der Waals surface area contributed by atoms with Crippen LogP contribution in [0.1, 0.15) is 85.5 Å². The average Bonchev–Trinajstić information content (AvgIpc) is 3.07. The van der Waals surface area contributed by atoms with Gasteiger partial charge in [-0.25, -0.2) is 0 Å². The molecule has 0 radical (unpaired) electrons. The summed E-state index contributed by atoms with van der Waals surface area (Å²) in [5.74, 6) is -1.16. The summed E-state index contributed by atoms with van der Waals surface area (Å²) in [6, 6.07) is 0. The Morgan fingerprint density at radius 1 is 1.18 bits per heavy atom. The van der Waals surface area contributed by atoms with Crippen LogP contribution in [0, 0.1) is 34.5 Å². The lowest BCUT2D eigenvalue weighted by atomic mass is 9.47. The molecule has 0 amide bonds. The first-order chi connectivity index (χ1) is 15.7. The number of rotatable bonds is 6. The fourth-order valence-electron chi connectivity index (χ4n) is 8.28. The minimum atomic E-state index is -1.33. The molecule has 4 aliphatic rings. The first-order valence-electron chi connectivity index (χ1n) is 13.0. The van der Waals surface area contributed by atoms with Crippen molar-refractivity contribution < 1.29 is 30.0 Å². The van der Waals surface area contributed by atoms with Gasteiger partial charge in [0.1, 0.15) is 0 Å². The van der Waals surface area contributed by atoms with Gasteiger partial charge in [-0.05, 0) is 88.0 Å². The number of ketones is 1. The van der Waals surface area contributed by atoms with Gasteiger partial charge in [-0.2, -0.15) is 0 Å². The lowest BCUT2D eigenvalue weighted by molar-refractivity contribution is -0.174. The molecule has 0 unspecified atom stereocenters. The Morgan fingerprint density at radius 2 is 1.85 bits per heavy atom. The first kappa shape index (κ1) is 25.6. The fraction of sp³-hybridized carbons (Fsp3) is 0.786. The minimum Gasteiger partial charge on any atom is -0.481 e. The maximum absolute atomic E-state index is 13.8. The van der Waals surface area contributed by atoms with Crippen molar-refractivity contribution in [3.8, 4) is 0 Å². The molecule has 0 saturated heterocycles.